The minimum absolute atomic E-state index is 0.716. The van der Waals surface area contributed by atoms with E-state index in [-0.39, 0.29) is 0 Å². The highest BCUT2D eigenvalue weighted by Gasteiger charge is 2.17. The fourth-order valence-electron chi connectivity index (χ4n) is 3.32. The third-order valence-corrected chi connectivity index (χ3v) is 7.44. The Morgan fingerprint density at radius 2 is 1.90 bits per heavy atom. The molecule has 0 saturated heterocycles. The standard InChI is InChI=1S/C22H18N4S3/c1-13-10-14(2)26(15(13)3)25-21-20-17(18-7-5-9-28-18)12-29-22(20)24-19(23-21)11-16-6-4-8-27-16/h4-10,12H,2-3,11H2,1H3,(H,23,24,25). The fraction of sp³-hybridized carbons (Fsp3) is 0.0909. The quantitative estimate of drug-likeness (QED) is 0.429. The first kappa shape index (κ1) is 18.3. The van der Waals surface area contributed by atoms with Crippen LogP contribution in [0.15, 0.2) is 46.5 Å². The maximum absolute atomic E-state index is 4.92. The monoisotopic (exact) mass is 434 g/mol. The van der Waals surface area contributed by atoms with E-state index < -0.39 is 0 Å². The van der Waals surface area contributed by atoms with Crippen LogP contribution in [0, 0.1) is 6.92 Å². The molecule has 5 heterocycles. The molecule has 29 heavy (non-hydrogen) atoms. The number of hydrogen-bond acceptors (Lipinski definition) is 6. The predicted octanol–water partition coefficient (Wildman–Crippen LogP) is 4.88. The molecule has 5 aromatic heterocycles. The summed E-state index contributed by atoms with van der Waals surface area (Å²) in [6.07, 6.45) is 0.716. The van der Waals surface area contributed by atoms with Crippen molar-refractivity contribution in [2.75, 3.05) is 5.43 Å². The third-order valence-electron chi connectivity index (χ3n) is 4.79. The molecule has 7 heteroatoms. The van der Waals surface area contributed by atoms with Crippen molar-refractivity contribution < 1.29 is 0 Å². The number of fused-ring (bicyclic) bond motifs is 1. The van der Waals surface area contributed by atoms with Gasteiger partial charge in [0.2, 0.25) is 0 Å². The Bertz CT molecular complexity index is 1390. The van der Waals surface area contributed by atoms with Crippen LogP contribution < -0.4 is 16.1 Å². The highest BCUT2D eigenvalue weighted by Crippen LogP contribution is 2.39. The van der Waals surface area contributed by atoms with Crippen LogP contribution in [0.5, 0.6) is 0 Å². The van der Waals surface area contributed by atoms with Gasteiger partial charge in [-0.2, -0.15) is 0 Å². The molecule has 0 bridgehead atoms. The Balaban J connectivity index is 1.70. The Kier molecular flexibility index (Phi) is 4.58. The zero-order valence-electron chi connectivity index (χ0n) is 15.8. The summed E-state index contributed by atoms with van der Waals surface area (Å²) in [4.78, 5) is 13.2. The number of nitrogens with one attached hydrogen (secondary N) is 1. The van der Waals surface area contributed by atoms with Gasteiger partial charge in [-0.05, 0) is 41.4 Å². The molecule has 5 aromatic rings. The second-order valence-electron chi connectivity index (χ2n) is 6.76. The largest absolute Gasteiger partial charge is 0.276 e. The number of aromatic nitrogens is 3. The first-order valence-corrected chi connectivity index (χ1v) is 11.7. The SMILES string of the molecule is C=c1cc(C)c(=C)n1Nc1nc(Cc2cccs2)nc2scc(-c3cccs3)c12. The van der Waals surface area contributed by atoms with Gasteiger partial charge in [-0.25, -0.2) is 9.97 Å². The van der Waals surface area contributed by atoms with Gasteiger partial charge >= 0.3 is 0 Å². The number of nitrogens with zero attached hydrogens (tertiary/aromatic N) is 3. The molecule has 0 fully saturated rings. The van der Waals surface area contributed by atoms with Gasteiger partial charge in [-0.1, -0.05) is 25.3 Å². The maximum Gasteiger partial charge on any atom is 0.158 e. The molecule has 0 radical (unpaired) electrons. The lowest BCUT2D eigenvalue weighted by molar-refractivity contribution is 0.881. The van der Waals surface area contributed by atoms with Gasteiger partial charge < -0.3 is 0 Å². The summed E-state index contributed by atoms with van der Waals surface area (Å²) in [5, 5.41) is 9.12. The number of aryl methyl sites for hydroxylation is 1. The van der Waals surface area contributed by atoms with Crippen molar-refractivity contribution in [3.05, 3.63) is 73.4 Å². The van der Waals surface area contributed by atoms with Crippen LogP contribution in [0.25, 0.3) is 33.8 Å². The van der Waals surface area contributed by atoms with E-state index in [1.54, 1.807) is 34.0 Å². The summed E-state index contributed by atoms with van der Waals surface area (Å²) >= 11 is 5.10. The second-order valence-corrected chi connectivity index (χ2v) is 9.60. The van der Waals surface area contributed by atoms with E-state index >= 15 is 0 Å². The Morgan fingerprint density at radius 3 is 2.59 bits per heavy atom. The zero-order chi connectivity index (χ0) is 20.0. The summed E-state index contributed by atoms with van der Waals surface area (Å²) in [7, 11) is 0. The van der Waals surface area contributed by atoms with Crippen molar-refractivity contribution in [3.63, 3.8) is 0 Å². The Labute approximate surface area is 180 Å². The van der Waals surface area contributed by atoms with Crippen molar-refractivity contribution in [2.24, 2.45) is 0 Å². The molecule has 0 spiro atoms. The van der Waals surface area contributed by atoms with Crippen LogP contribution in [0.2, 0.25) is 0 Å². The lowest BCUT2D eigenvalue weighted by Gasteiger charge is -2.12. The van der Waals surface area contributed by atoms with Gasteiger partial charge in [0, 0.05) is 27.1 Å². The molecule has 0 aromatic carbocycles. The smallest absolute Gasteiger partial charge is 0.158 e. The Morgan fingerprint density at radius 1 is 1.07 bits per heavy atom. The van der Waals surface area contributed by atoms with Crippen molar-refractivity contribution >= 4 is 63.2 Å². The zero-order valence-corrected chi connectivity index (χ0v) is 18.3. The molecule has 0 aliphatic rings. The number of thiophene rings is 3. The molecule has 1 N–H and O–H groups in total. The molecular weight excluding hydrogens is 416 g/mol. The van der Waals surface area contributed by atoms with Gasteiger partial charge in [0.15, 0.2) is 5.82 Å². The molecule has 0 saturated carbocycles. The van der Waals surface area contributed by atoms with Gasteiger partial charge in [-0.3, -0.25) is 10.1 Å². The van der Waals surface area contributed by atoms with Crippen molar-refractivity contribution in [3.8, 4) is 10.4 Å². The average molecular weight is 435 g/mol. The molecule has 0 aliphatic carbocycles. The van der Waals surface area contributed by atoms with Crippen LogP contribution in [0.4, 0.5) is 5.82 Å². The van der Waals surface area contributed by atoms with E-state index in [4.69, 9.17) is 9.97 Å². The number of hydrogen-bond donors (Lipinski definition) is 1. The molecule has 0 atom stereocenters. The summed E-state index contributed by atoms with van der Waals surface area (Å²) in [6, 6.07) is 10.4. The van der Waals surface area contributed by atoms with Crippen LogP contribution in [0.1, 0.15) is 16.3 Å². The number of rotatable bonds is 5. The van der Waals surface area contributed by atoms with E-state index in [9.17, 15) is 0 Å². The Hall–Kier alpha value is -2.74. The van der Waals surface area contributed by atoms with Gasteiger partial charge in [0.05, 0.1) is 16.1 Å². The van der Waals surface area contributed by atoms with Gasteiger partial charge in [-0.15, -0.1) is 34.0 Å². The normalized spacial score (nSPS) is 11.3. The lowest BCUT2D eigenvalue weighted by atomic mass is 10.2. The molecule has 5 rings (SSSR count). The summed E-state index contributed by atoms with van der Waals surface area (Å²) in [5.41, 5.74) is 5.72. The van der Waals surface area contributed by atoms with E-state index in [0.29, 0.717) is 6.42 Å². The van der Waals surface area contributed by atoms with Gasteiger partial charge in [0.1, 0.15) is 10.7 Å². The van der Waals surface area contributed by atoms with Crippen LogP contribution in [0.3, 0.4) is 0 Å². The molecule has 4 nitrogen and oxygen atoms in total. The fourth-order valence-corrected chi connectivity index (χ4v) is 5.80. The summed E-state index contributed by atoms with van der Waals surface area (Å²) < 4.78 is 1.90. The topological polar surface area (TPSA) is 42.7 Å². The first-order valence-electron chi connectivity index (χ1n) is 9.08. The minimum Gasteiger partial charge on any atom is -0.276 e. The molecule has 144 valence electrons. The van der Waals surface area contributed by atoms with Crippen LogP contribution in [-0.2, 0) is 6.42 Å². The summed E-state index contributed by atoms with van der Waals surface area (Å²) in [5.74, 6) is 1.60. The highest BCUT2D eigenvalue weighted by atomic mass is 32.1. The second kappa shape index (κ2) is 7.26. The van der Waals surface area contributed by atoms with Crippen molar-refractivity contribution in [1.82, 2.24) is 14.6 Å². The third kappa shape index (κ3) is 3.31. The number of anilines is 1. The van der Waals surface area contributed by atoms with E-state index in [0.717, 1.165) is 43.7 Å². The average Bonchev–Trinajstić information content (AvgIpc) is 3.47. The maximum atomic E-state index is 4.92. The van der Waals surface area contributed by atoms with E-state index in [2.05, 4.69) is 59.0 Å². The molecular formula is C22H18N4S3. The molecule has 0 amide bonds. The van der Waals surface area contributed by atoms with E-state index in [1.807, 2.05) is 17.7 Å². The molecule has 0 aliphatic heterocycles. The predicted molar refractivity (Wildman–Crippen MR) is 126 cm³/mol. The first-order chi connectivity index (χ1) is 14.1. The summed E-state index contributed by atoms with van der Waals surface area (Å²) in [6.45, 7) is 10.4. The van der Waals surface area contributed by atoms with Crippen LogP contribution >= 0.6 is 34.0 Å². The van der Waals surface area contributed by atoms with Crippen LogP contribution in [-0.4, -0.2) is 14.6 Å². The lowest BCUT2D eigenvalue weighted by Crippen LogP contribution is -2.32. The minimum atomic E-state index is 0.716. The highest BCUT2D eigenvalue weighted by molar-refractivity contribution is 7.18. The van der Waals surface area contributed by atoms with Crippen molar-refractivity contribution in [2.45, 2.75) is 13.3 Å². The van der Waals surface area contributed by atoms with Crippen molar-refractivity contribution in [1.29, 1.82) is 0 Å². The van der Waals surface area contributed by atoms with E-state index in [1.165, 1.54) is 9.75 Å². The van der Waals surface area contributed by atoms with Gasteiger partial charge in [0.25, 0.3) is 0 Å². The molecule has 0 unspecified atom stereocenters.